The largest absolute Gasteiger partial charge is 0.616 e. The molecule has 0 aromatic rings. The Morgan fingerprint density at radius 1 is 0.793 bits per heavy atom. The minimum absolute atomic E-state index is 0.198. The third-order valence-electron chi connectivity index (χ3n) is 4.43. The van der Waals surface area contributed by atoms with Crippen molar-refractivity contribution in [2.45, 2.75) is 59.8 Å². The van der Waals surface area contributed by atoms with Crippen LogP contribution < -0.4 is 10.6 Å². The smallest absolute Gasteiger partial charge is 0.233 e. The molecule has 0 heterocycles. The molecule has 0 aliphatic heterocycles. The van der Waals surface area contributed by atoms with Crippen molar-refractivity contribution in [3.8, 4) is 12.4 Å². The van der Waals surface area contributed by atoms with Crippen LogP contribution in [0.4, 0.5) is 0 Å². The fourth-order valence-electron chi connectivity index (χ4n) is 2.62. The van der Waals surface area contributed by atoms with Crippen molar-refractivity contribution < 1.29 is 18.7 Å². The normalized spacial score (nSPS) is 13.7. The van der Waals surface area contributed by atoms with E-state index in [2.05, 4.69) is 10.6 Å². The first-order chi connectivity index (χ1) is 13.4. The second-order valence-corrected chi connectivity index (χ2v) is 11.9. The van der Waals surface area contributed by atoms with Crippen molar-refractivity contribution in [2.24, 2.45) is 10.8 Å². The number of hydrogen-bond donors (Lipinski definition) is 2. The van der Waals surface area contributed by atoms with Gasteiger partial charge in [-0.05, 0) is 23.7 Å². The molecule has 0 saturated carbocycles. The summed E-state index contributed by atoms with van der Waals surface area (Å²) in [7, 11) is 0. The zero-order chi connectivity index (χ0) is 22.5. The first-order valence-corrected chi connectivity index (χ1v) is 12.4. The van der Waals surface area contributed by atoms with Crippen LogP contribution in [0.2, 0.25) is 0 Å². The van der Waals surface area contributed by atoms with Gasteiger partial charge in [0.2, 0.25) is 11.8 Å². The monoisotopic (exact) mass is 444 g/mol. The Morgan fingerprint density at radius 3 is 1.45 bits per heavy atom. The van der Waals surface area contributed by atoms with Crippen molar-refractivity contribution in [1.82, 2.24) is 10.6 Å². The molecule has 0 fully saturated rings. The Balaban J connectivity index is 4.08. The van der Waals surface area contributed by atoms with E-state index >= 15 is 0 Å². The van der Waals surface area contributed by atoms with Crippen LogP contribution in [0.1, 0.15) is 59.8 Å². The lowest BCUT2D eigenvalue weighted by atomic mass is 9.86. The van der Waals surface area contributed by atoms with Crippen LogP contribution in [-0.4, -0.2) is 43.9 Å². The number of carbonyl (C=O) groups excluding carboxylic acids is 2. The molecular weight excluding hydrogens is 412 g/mol. The number of nitrogens with one attached hydrogen (secondary N) is 2. The highest BCUT2D eigenvalue weighted by Crippen LogP contribution is 2.27. The highest BCUT2D eigenvalue weighted by atomic mass is 32.2. The predicted molar refractivity (Wildman–Crippen MR) is 114 cm³/mol. The lowest BCUT2D eigenvalue weighted by Gasteiger charge is -2.24. The van der Waals surface area contributed by atoms with Crippen molar-refractivity contribution in [3.63, 3.8) is 0 Å². The molecule has 0 saturated heterocycles. The molecule has 0 rings (SSSR count). The van der Waals surface area contributed by atoms with Gasteiger partial charge in [-0.3, -0.25) is 20.2 Å². The first kappa shape index (κ1) is 27.5. The quantitative estimate of drug-likeness (QED) is 0.236. The lowest BCUT2D eigenvalue weighted by molar-refractivity contribution is -0.122. The Labute approximate surface area is 180 Å². The van der Waals surface area contributed by atoms with Crippen LogP contribution in [0.25, 0.3) is 0 Å². The second kappa shape index (κ2) is 13.7. The fraction of sp³-hybridized carbons (Fsp3) is 0.789. The molecule has 2 atom stereocenters. The summed E-state index contributed by atoms with van der Waals surface area (Å²) in [5.41, 5.74) is -0.689. The van der Waals surface area contributed by atoms with Gasteiger partial charge >= 0.3 is 0 Å². The molecule has 164 valence electrons. The van der Waals surface area contributed by atoms with Crippen LogP contribution in [0.15, 0.2) is 0 Å². The van der Waals surface area contributed by atoms with E-state index in [1.165, 1.54) is 0 Å². The van der Waals surface area contributed by atoms with Crippen molar-refractivity contribution in [2.75, 3.05) is 23.0 Å². The maximum absolute atomic E-state index is 12.2. The van der Waals surface area contributed by atoms with E-state index in [4.69, 9.17) is 10.5 Å². The summed E-state index contributed by atoms with van der Waals surface area (Å²) in [5.74, 6) is 1.15. The number of rotatable bonds is 14. The second-order valence-electron chi connectivity index (χ2n) is 8.55. The minimum Gasteiger partial charge on any atom is -0.616 e. The van der Waals surface area contributed by atoms with Crippen LogP contribution in [0.3, 0.4) is 0 Å². The average Bonchev–Trinajstić information content (AvgIpc) is 2.58. The van der Waals surface area contributed by atoms with Gasteiger partial charge in [0.1, 0.15) is 23.0 Å². The number of hydrogen-bond acceptors (Lipinski definition) is 6. The molecule has 0 bridgehead atoms. The summed E-state index contributed by atoms with van der Waals surface area (Å²) >= 11 is -2.09. The van der Waals surface area contributed by atoms with Gasteiger partial charge < -0.3 is 9.11 Å². The van der Waals surface area contributed by atoms with Gasteiger partial charge in [-0.1, -0.05) is 50.0 Å². The van der Waals surface area contributed by atoms with Gasteiger partial charge in [0.25, 0.3) is 0 Å². The van der Waals surface area contributed by atoms with Crippen LogP contribution in [0, 0.1) is 33.7 Å². The SMILES string of the molecule is CC(C)(CC[S+]([O-])CCC[S+]([O-])CCC(C)(C)CC(=O)NC#N)CC(=O)NC#N. The molecule has 0 aromatic heterocycles. The Bertz CT molecular complexity index is 562. The Kier molecular flexibility index (Phi) is 13.0. The van der Waals surface area contributed by atoms with Gasteiger partial charge in [-0.15, -0.1) is 0 Å². The van der Waals surface area contributed by atoms with E-state index in [9.17, 15) is 18.7 Å². The standard InChI is InChI=1S/C19H32N4O4S2/c1-18(2,12-16(24)22-14-20)6-10-28(26)8-5-9-29(27)11-7-19(3,4)13-17(25)23-15-21/h5-13H2,1-4H3,(H,22,24)(H,23,25). The third kappa shape index (κ3) is 15.1. The Morgan fingerprint density at radius 2 is 1.14 bits per heavy atom. The summed E-state index contributed by atoms with van der Waals surface area (Å²) in [6.07, 6.45) is 5.39. The molecule has 29 heavy (non-hydrogen) atoms. The van der Waals surface area contributed by atoms with Gasteiger partial charge in [-0.2, -0.15) is 10.5 Å². The van der Waals surface area contributed by atoms with E-state index in [0.29, 0.717) is 42.3 Å². The molecule has 0 aliphatic rings. The van der Waals surface area contributed by atoms with Crippen LogP contribution >= 0.6 is 0 Å². The lowest BCUT2D eigenvalue weighted by Crippen LogP contribution is -2.28. The summed E-state index contributed by atoms with van der Waals surface area (Å²) in [6, 6.07) is 0. The molecule has 0 radical (unpaired) electrons. The van der Waals surface area contributed by atoms with Gasteiger partial charge in [0.15, 0.2) is 12.4 Å². The van der Waals surface area contributed by atoms with Crippen molar-refractivity contribution in [3.05, 3.63) is 0 Å². The molecule has 0 spiro atoms. The molecule has 2 unspecified atom stereocenters. The van der Waals surface area contributed by atoms with Gasteiger partial charge in [0, 0.05) is 19.3 Å². The van der Waals surface area contributed by atoms with E-state index in [1.807, 2.05) is 27.7 Å². The summed E-state index contributed by atoms with van der Waals surface area (Å²) in [5, 5.41) is 21.1. The molecule has 0 aliphatic carbocycles. The van der Waals surface area contributed by atoms with E-state index < -0.39 is 22.4 Å². The average molecular weight is 445 g/mol. The van der Waals surface area contributed by atoms with Crippen LogP contribution in [-0.2, 0) is 31.9 Å². The number of nitriles is 2. The van der Waals surface area contributed by atoms with Gasteiger partial charge in [0.05, 0.1) is 0 Å². The van der Waals surface area contributed by atoms with E-state index in [-0.39, 0.29) is 35.5 Å². The fourth-order valence-corrected chi connectivity index (χ4v) is 5.71. The third-order valence-corrected chi connectivity index (χ3v) is 7.23. The highest BCUT2D eigenvalue weighted by molar-refractivity contribution is 7.92. The summed E-state index contributed by atoms with van der Waals surface area (Å²) in [4.78, 5) is 23.0. The number of carbonyl (C=O) groups is 2. The maximum atomic E-state index is 12.2. The number of amides is 2. The maximum Gasteiger partial charge on any atom is 0.233 e. The molecule has 8 nitrogen and oxygen atoms in total. The molecule has 0 aromatic carbocycles. The van der Waals surface area contributed by atoms with E-state index in [1.54, 1.807) is 12.4 Å². The number of nitrogens with zero attached hydrogens (tertiary/aromatic N) is 2. The summed E-state index contributed by atoms with van der Waals surface area (Å²) in [6.45, 7) is 7.59. The van der Waals surface area contributed by atoms with Gasteiger partial charge in [-0.25, -0.2) is 0 Å². The zero-order valence-electron chi connectivity index (χ0n) is 17.7. The summed E-state index contributed by atoms with van der Waals surface area (Å²) < 4.78 is 24.3. The Hall–Kier alpha value is -1.46. The van der Waals surface area contributed by atoms with E-state index in [0.717, 1.165) is 0 Å². The minimum atomic E-state index is -1.05. The molecule has 2 N–H and O–H groups in total. The van der Waals surface area contributed by atoms with Crippen molar-refractivity contribution >= 4 is 34.2 Å². The highest BCUT2D eigenvalue weighted by Gasteiger charge is 2.26. The topological polar surface area (TPSA) is 152 Å². The zero-order valence-corrected chi connectivity index (χ0v) is 19.3. The van der Waals surface area contributed by atoms with Crippen molar-refractivity contribution in [1.29, 1.82) is 10.5 Å². The molecule has 2 amide bonds. The molecule has 10 heteroatoms. The van der Waals surface area contributed by atoms with Crippen LogP contribution in [0.5, 0.6) is 0 Å². The predicted octanol–water partition coefficient (Wildman–Crippen LogP) is 1.68. The first-order valence-electron chi connectivity index (χ1n) is 9.46. The molecular formula is C19H32N4O4S2.